The molecule has 6 heteroatoms. The highest BCUT2D eigenvalue weighted by atomic mass is 16.6. The van der Waals surface area contributed by atoms with Crippen molar-refractivity contribution in [3.8, 4) is 0 Å². The van der Waals surface area contributed by atoms with Crippen LogP contribution in [0.1, 0.15) is 323 Å². The summed E-state index contributed by atoms with van der Waals surface area (Å²) in [6, 6.07) is 0. The maximum absolute atomic E-state index is 12.9. The standard InChI is InChI=1S/C72H124O6/c1-4-7-10-13-16-19-22-25-28-30-31-32-33-34-35-36-37-38-39-40-41-42-45-47-50-53-56-59-62-65-71(74)77-68-69(67-76-70(73)64-61-58-55-52-49-46-43-27-24-21-18-15-12-9-6-3)78-72(75)66-63-60-57-54-51-48-44-29-26-23-20-17-14-11-8-5-2/h7,10,16,19,25,27-28,31-32,34-35,37-38,40-41,43,69H,4-6,8-9,11-15,17-18,20-24,26,29-30,33,36,39,42,44-68H2,1-3H3/b10-7-,19-16-,28-25-,32-31-,35-34-,38-37-,41-40-,43-27-. The van der Waals surface area contributed by atoms with Crippen LogP contribution in [0.2, 0.25) is 0 Å². The van der Waals surface area contributed by atoms with Crippen molar-refractivity contribution in [1.29, 1.82) is 0 Å². The summed E-state index contributed by atoms with van der Waals surface area (Å²) in [7, 11) is 0. The largest absolute Gasteiger partial charge is 0.462 e. The Morgan fingerprint density at radius 3 is 0.795 bits per heavy atom. The van der Waals surface area contributed by atoms with Gasteiger partial charge in [-0.25, -0.2) is 0 Å². The van der Waals surface area contributed by atoms with E-state index in [1.807, 2.05) is 0 Å². The van der Waals surface area contributed by atoms with Crippen LogP contribution in [-0.4, -0.2) is 37.2 Å². The molecule has 448 valence electrons. The summed E-state index contributed by atoms with van der Waals surface area (Å²) in [5.41, 5.74) is 0. The lowest BCUT2D eigenvalue weighted by molar-refractivity contribution is -0.167. The van der Waals surface area contributed by atoms with Crippen LogP contribution in [0.5, 0.6) is 0 Å². The van der Waals surface area contributed by atoms with Gasteiger partial charge in [-0.15, -0.1) is 0 Å². The van der Waals surface area contributed by atoms with Crippen LogP contribution in [-0.2, 0) is 28.6 Å². The average molecular weight is 1090 g/mol. The van der Waals surface area contributed by atoms with Crippen molar-refractivity contribution < 1.29 is 28.6 Å². The summed E-state index contributed by atoms with van der Waals surface area (Å²) < 4.78 is 16.9. The lowest BCUT2D eigenvalue weighted by Crippen LogP contribution is -2.30. The molecule has 0 bridgehead atoms. The molecule has 1 atom stereocenters. The molecule has 0 aromatic rings. The molecule has 0 rings (SSSR count). The van der Waals surface area contributed by atoms with Crippen molar-refractivity contribution in [2.75, 3.05) is 13.2 Å². The fraction of sp³-hybridized carbons (Fsp3) is 0.736. The topological polar surface area (TPSA) is 78.9 Å². The van der Waals surface area contributed by atoms with Crippen molar-refractivity contribution in [1.82, 2.24) is 0 Å². The minimum Gasteiger partial charge on any atom is -0.462 e. The van der Waals surface area contributed by atoms with Gasteiger partial charge in [0.05, 0.1) is 0 Å². The minimum absolute atomic E-state index is 0.0822. The van der Waals surface area contributed by atoms with E-state index in [-0.39, 0.29) is 31.1 Å². The predicted octanol–water partition coefficient (Wildman–Crippen LogP) is 22.8. The van der Waals surface area contributed by atoms with Crippen molar-refractivity contribution in [3.63, 3.8) is 0 Å². The molecule has 0 saturated heterocycles. The van der Waals surface area contributed by atoms with Crippen LogP contribution in [0.3, 0.4) is 0 Å². The van der Waals surface area contributed by atoms with Gasteiger partial charge in [0.15, 0.2) is 6.10 Å². The van der Waals surface area contributed by atoms with Crippen molar-refractivity contribution >= 4 is 17.9 Å². The van der Waals surface area contributed by atoms with Gasteiger partial charge >= 0.3 is 17.9 Å². The van der Waals surface area contributed by atoms with Crippen molar-refractivity contribution in [2.24, 2.45) is 0 Å². The summed E-state index contributed by atoms with van der Waals surface area (Å²) in [5, 5.41) is 0. The lowest BCUT2D eigenvalue weighted by Gasteiger charge is -2.18. The second-order valence-corrected chi connectivity index (χ2v) is 22.0. The first-order chi connectivity index (χ1) is 38.5. The van der Waals surface area contributed by atoms with Gasteiger partial charge in [0.25, 0.3) is 0 Å². The van der Waals surface area contributed by atoms with E-state index < -0.39 is 6.10 Å². The quantitative estimate of drug-likeness (QED) is 0.0261. The van der Waals surface area contributed by atoms with E-state index in [0.29, 0.717) is 19.3 Å². The third kappa shape index (κ3) is 63.2. The molecule has 0 aliphatic rings. The molecule has 0 heterocycles. The van der Waals surface area contributed by atoms with Gasteiger partial charge in [0.1, 0.15) is 13.2 Å². The molecule has 0 aromatic carbocycles. The Kier molecular flexibility index (Phi) is 62.7. The number of unbranched alkanes of at least 4 members (excludes halogenated alkanes) is 33. The van der Waals surface area contributed by atoms with E-state index in [1.165, 1.54) is 167 Å². The highest BCUT2D eigenvalue weighted by molar-refractivity contribution is 5.71. The number of carbonyl (C=O) groups is 3. The first kappa shape index (κ1) is 74.3. The second-order valence-electron chi connectivity index (χ2n) is 22.0. The van der Waals surface area contributed by atoms with E-state index in [1.54, 1.807) is 0 Å². The van der Waals surface area contributed by atoms with Crippen LogP contribution >= 0.6 is 0 Å². The van der Waals surface area contributed by atoms with E-state index >= 15 is 0 Å². The normalized spacial score (nSPS) is 12.7. The van der Waals surface area contributed by atoms with Crippen LogP contribution in [0.4, 0.5) is 0 Å². The molecule has 1 unspecified atom stereocenters. The molecule has 78 heavy (non-hydrogen) atoms. The zero-order valence-electron chi connectivity index (χ0n) is 51.4. The maximum Gasteiger partial charge on any atom is 0.306 e. The molecule has 0 fully saturated rings. The van der Waals surface area contributed by atoms with Crippen LogP contribution in [0.25, 0.3) is 0 Å². The number of hydrogen-bond donors (Lipinski definition) is 0. The second kappa shape index (κ2) is 65.8. The summed E-state index contributed by atoms with van der Waals surface area (Å²) in [4.78, 5) is 38.3. The molecule has 6 nitrogen and oxygen atoms in total. The number of esters is 3. The highest BCUT2D eigenvalue weighted by Crippen LogP contribution is 2.17. The number of rotatable bonds is 60. The van der Waals surface area contributed by atoms with Gasteiger partial charge < -0.3 is 14.2 Å². The Morgan fingerprint density at radius 2 is 0.500 bits per heavy atom. The third-order valence-corrected chi connectivity index (χ3v) is 14.3. The Bertz CT molecular complexity index is 1530. The Balaban J connectivity index is 4.33. The monoisotopic (exact) mass is 1080 g/mol. The maximum atomic E-state index is 12.9. The van der Waals surface area contributed by atoms with Crippen molar-refractivity contribution in [2.45, 2.75) is 329 Å². The third-order valence-electron chi connectivity index (χ3n) is 14.3. The van der Waals surface area contributed by atoms with Gasteiger partial charge in [0.2, 0.25) is 0 Å². The molecule has 0 aliphatic heterocycles. The molecule has 0 radical (unpaired) electrons. The molecule has 0 amide bonds. The van der Waals surface area contributed by atoms with Gasteiger partial charge in [-0.3, -0.25) is 14.4 Å². The molecule has 0 aromatic heterocycles. The summed E-state index contributed by atoms with van der Waals surface area (Å²) in [6.45, 7) is 6.54. The van der Waals surface area contributed by atoms with Gasteiger partial charge in [-0.1, -0.05) is 298 Å². The summed E-state index contributed by atoms with van der Waals surface area (Å²) >= 11 is 0. The molecule has 0 spiro atoms. The first-order valence-corrected chi connectivity index (χ1v) is 33.2. The molecular formula is C72H124O6. The van der Waals surface area contributed by atoms with Crippen LogP contribution in [0.15, 0.2) is 97.2 Å². The highest BCUT2D eigenvalue weighted by Gasteiger charge is 2.19. The van der Waals surface area contributed by atoms with Crippen LogP contribution in [0, 0.1) is 0 Å². The molecule has 0 N–H and O–H groups in total. The molecular weight excluding hydrogens is 961 g/mol. The van der Waals surface area contributed by atoms with E-state index in [0.717, 1.165) is 116 Å². The fourth-order valence-corrected chi connectivity index (χ4v) is 9.36. The molecule has 0 aliphatic carbocycles. The Hall–Kier alpha value is -3.67. The zero-order valence-corrected chi connectivity index (χ0v) is 51.4. The number of ether oxygens (including phenoxy) is 3. The Morgan fingerprint density at radius 1 is 0.269 bits per heavy atom. The van der Waals surface area contributed by atoms with Gasteiger partial charge in [-0.2, -0.15) is 0 Å². The van der Waals surface area contributed by atoms with E-state index in [2.05, 4.69) is 118 Å². The predicted molar refractivity (Wildman–Crippen MR) is 339 cm³/mol. The summed E-state index contributed by atoms with van der Waals surface area (Å²) in [5.74, 6) is -0.887. The van der Waals surface area contributed by atoms with Crippen molar-refractivity contribution in [3.05, 3.63) is 97.2 Å². The van der Waals surface area contributed by atoms with Gasteiger partial charge in [-0.05, 0) is 103 Å². The number of hydrogen-bond acceptors (Lipinski definition) is 6. The number of carbonyl (C=O) groups excluding carboxylic acids is 3. The SMILES string of the molecule is CC/C=C\C/C=C\C/C=C\C/C=C\C/C=C\C/C=C\C/C=C\CCCCCCCCCC(=O)OCC(COC(=O)CCCCCCC/C=C\CCCCCCCC)OC(=O)CCCCCCCCCCCCCCCCCC. The zero-order chi connectivity index (χ0) is 56.4. The lowest BCUT2D eigenvalue weighted by atomic mass is 10.0. The van der Waals surface area contributed by atoms with Gasteiger partial charge in [0, 0.05) is 19.3 Å². The van der Waals surface area contributed by atoms with Crippen LogP contribution < -0.4 is 0 Å². The fourth-order valence-electron chi connectivity index (χ4n) is 9.36. The first-order valence-electron chi connectivity index (χ1n) is 33.2. The summed E-state index contributed by atoms with van der Waals surface area (Å²) in [6.07, 6.45) is 88.4. The Labute approximate surface area is 483 Å². The smallest absolute Gasteiger partial charge is 0.306 e. The minimum atomic E-state index is -0.785. The van der Waals surface area contributed by atoms with E-state index in [9.17, 15) is 14.4 Å². The van der Waals surface area contributed by atoms with E-state index in [4.69, 9.17) is 14.2 Å². The number of allylic oxidation sites excluding steroid dienone is 16. The molecule has 0 saturated carbocycles. The average Bonchev–Trinajstić information content (AvgIpc) is 3.44.